The van der Waals surface area contributed by atoms with Crippen LogP contribution >= 0.6 is 11.3 Å². The minimum atomic E-state index is -0.425. The van der Waals surface area contributed by atoms with Gasteiger partial charge in [0.2, 0.25) is 0 Å². The number of ether oxygens (including phenoxy) is 3. The van der Waals surface area contributed by atoms with E-state index in [1.54, 1.807) is 18.4 Å². The van der Waals surface area contributed by atoms with Crippen molar-refractivity contribution in [2.24, 2.45) is 0 Å². The van der Waals surface area contributed by atoms with Gasteiger partial charge in [0, 0.05) is 29.9 Å². The Morgan fingerprint density at radius 2 is 1.72 bits per heavy atom. The van der Waals surface area contributed by atoms with Crippen molar-refractivity contribution in [2.75, 3.05) is 20.8 Å². The molecule has 210 valence electrons. The summed E-state index contributed by atoms with van der Waals surface area (Å²) in [5, 5.41) is 1.01. The number of benzene rings is 2. The van der Waals surface area contributed by atoms with Crippen molar-refractivity contribution in [1.29, 1.82) is 0 Å². The standard InChI is InChI=1S/C31H42BNO5S/c1-20-18-26(16-12-23(20)13-17-27(34)35-8)37-19-21(2)28-22(3)39-29(33-28)24-10-14-25(15-11-24)32-38-31(6,7)30(4,5)36-9/h10-12,14-16,18,21,32H,13,17,19H2,1-9H3. The van der Waals surface area contributed by atoms with Gasteiger partial charge in [-0.1, -0.05) is 42.7 Å². The molecule has 0 fully saturated rings. The number of carbonyl (C=O) groups is 1. The Hall–Kier alpha value is -2.68. The second-order valence-electron chi connectivity index (χ2n) is 11.0. The molecule has 0 saturated heterocycles. The van der Waals surface area contributed by atoms with E-state index >= 15 is 0 Å². The van der Waals surface area contributed by atoms with E-state index in [9.17, 15) is 4.79 Å². The maximum absolute atomic E-state index is 11.4. The Kier molecular flexibility index (Phi) is 10.4. The molecule has 0 bridgehead atoms. The van der Waals surface area contributed by atoms with Gasteiger partial charge in [0.25, 0.3) is 0 Å². The first-order valence-electron chi connectivity index (χ1n) is 13.4. The van der Waals surface area contributed by atoms with E-state index in [0.717, 1.165) is 38.6 Å². The number of methoxy groups -OCH3 is 2. The van der Waals surface area contributed by atoms with E-state index in [4.69, 9.17) is 23.8 Å². The van der Waals surface area contributed by atoms with Crippen LogP contribution in [0.5, 0.6) is 5.75 Å². The van der Waals surface area contributed by atoms with Gasteiger partial charge in [0.15, 0.2) is 0 Å². The monoisotopic (exact) mass is 551 g/mol. The van der Waals surface area contributed by atoms with Crippen LogP contribution in [0.1, 0.15) is 68.7 Å². The number of nitrogens with zero attached hydrogens (tertiary/aromatic N) is 1. The fourth-order valence-electron chi connectivity index (χ4n) is 4.09. The maximum atomic E-state index is 11.4. The van der Waals surface area contributed by atoms with Crippen LogP contribution in [0.15, 0.2) is 42.5 Å². The van der Waals surface area contributed by atoms with E-state index < -0.39 is 11.2 Å². The van der Waals surface area contributed by atoms with E-state index in [1.807, 2.05) is 39.0 Å². The zero-order valence-electron chi connectivity index (χ0n) is 24.8. The average molecular weight is 552 g/mol. The highest BCUT2D eigenvalue weighted by atomic mass is 32.1. The number of carbonyl (C=O) groups excluding carboxylic acids is 1. The van der Waals surface area contributed by atoms with E-state index in [2.05, 4.69) is 52.0 Å². The molecule has 0 aliphatic heterocycles. The molecule has 0 amide bonds. The molecule has 0 spiro atoms. The fourth-order valence-corrected chi connectivity index (χ4v) is 5.13. The molecule has 0 aliphatic rings. The van der Waals surface area contributed by atoms with E-state index in [1.165, 1.54) is 12.0 Å². The van der Waals surface area contributed by atoms with Crippen LogP contribution in [-0.2, 0) is 25.3 Å². The van der Waals surface area contributed by atoms with Crippen molar-refractivity contribution in [3.63, 3.8) is 0 Å². The molecule has 0 aliphatic carbocycles. The van der Waals surface area contributed by atoms with Gasteiger partial charge < -0.3 is 18.9 Å². The van der Waals surface area contributed by atoms with Gasteiger partial charge in [-0.3, -0.25) is 4.79 Å². The summed E-state index contributed by atoms with van der Waals surface area (Å²) in [6.45, 7) is 15.0. The third-order valence-electron chi connectivity index (χ3n) is 7.70. The number of rotatable bonds is 13. The molecule has 1 aromatic heterocycles. The van der Waals surface area contributed by atoms with Crippen LogP contribution in [0, 0.1) is 13.8 Å². The molecule has 0 N–H and O–H groups in total. The molecular formula is C31H42BNO5S. The molecule has 6 nitrogen and oxygen atoms in total. The fraction of sp³-hybridized carbons (Fsp3) is 0.484. The first-order valence-corrected chi connectivity index (χ1v) is 14.2. The van der Waals surface area contributed by atoms with Crippen molar-refractivity contribution < 1.29 is 23.7 Å². The Bertz CT molecular complexity index is 1250. The summed E-state index contributed by atoms with van der Waals surface area (Å²) >= 11 is 1.71. The predicted octanol–water partition coefficient (Wildman–Crippen LogP) is 5.91. The Labute approximate surface area is 238 Å². The van der Waals surface area contributed by atoms with Crippen LogP contribution in [0.4, 0.5) is 0 Å². The number of hydrogen-bond donors (Lipinski definition) is 0. The minimum Gasteiger partial charge on any atom is -0.493 e. The van der Waals surface area contributed by atoms with Crippen LogP contribution < -0.4 is 10.2 Å². The summed E-state index contributed by atoms with van der Waals surface area (Å²) in [6, 6.07) is 14.5. The lowest BCUT2D eigenvalue weighted by molar-refractivity contribution is -0.140. The lowest BCUT2D eigenvalue weighted by Crippen LogP contribution is -2.50. The average Bonchev–Trinajstić information content (AvgIpc) is 3.31. The summed E-state index contributed by atoms with van der Waals surface area (Å²) in [7, 11) is 3.65. The molecule has 3 aromatic rings. The summed E-state index contributed by atoms with van der Waals surface area (Å²) in [4.78, 5) is 17.6. The van der Waals surface area contributed by atoms with Crippen LogP contribution in [0.25, 0.3) is 10.6 Å². The molecule has 0 saturated carbocycles. The molecule has 0 radical (unpaired) electrons. The molecule has 8 heteroatoms. The van der Waals surface area contributed by atoms with Gasteiger partial charge in [-0.15, -0.1) is 11.3 Å². The summed E-state index contributed by atoms with van der Waals surface area (Å²) in [6.07, 6.45) is 1.04. The largest absolute Gasteiger partial charge is 0.493 e. The van der Waals surface area contributed by atoms with Gasteiger partial charge in [-0.2, -0.15) is 0 Å². The zero-order valence-corrected chi connectivity index (χ0v) is 25.7. The van der Waals surface area contributed by atoms with Gasteiger partial charge >= 0.3 is 13.5 Å². The topological polar surface area (TPSA) is 66.9 Å². The van der Waals surface area contributed by atoms with Crippen molar-refractivity contribution in [2.45, 2.75) is 78.4 Å². The molecule has 39 heavy (non-hydrogen) atoms. The number of hydrogen-bond acceptors (Lipinski definition) is 7. The summed E-state index contributed by atoms with van der Waals surface area (Å²) in [5.41, 5.74) is 4.69. The Morgan fingerprint density at radius 3 is 2.33 bits per heavy atom. The Balaban J connectivity index is 1.60. The van der Waals surface area contributed by atoms with Crippen molar-refractivity contribution in [1.82, 2.24) is 4.98 Å². The molecular weight excluding hydrogens is 509 g/mol. The first-order chi connectivity index (χ1) is 18.4. The smallest absolute Gasteiger partial charge is 0.309 e. The maximum Gasteiger partial charge on any atom is 0.309 e. The van der Waals surface area contributed by atoms with E-state index in [-0.39, 0.29) is 11.9 Å². The lowest BCUT2D eigenvalue weighted by atomic mass is 9.82. The number of aryl methyl sites for hydroxylation is 3. The highest BCUT2D eigenvalue weighted by Crippen LogP contribution is 2.32. The second kappa shape index (κ2) is 13.1. The van der Waals surface area contributed by atoms with Gasteiger partial charge in [-0.25, -0.2) is 4.98 Å². The number of thiazole rings is 1. The zero-order chi connectivity index (χ0) is 28.8. The van der Waals surface area contributed by atoms with Crippen LogP contribution in [0.3, 0.4) is 0 Å². The molecule has 2 aromatic carbocycles. The van der Waals surface area contributed by atoms with Gasteiger partial charge in [-0.05, 0) is 71.2 Å². The highest BCUT2D eigenvalue weighted by Gasteiger charge is 2.37. The normalized spacial score (nSPS) is 12.7. The van der Waals surface area contributed by atoms with Crippen LogP contribution in [-0.4, -0.2) is 50.5 Å². The van der Waals surface area contributed by atoms with E-state index in [0.29, 0.717) is 26.9 Å². The van der Waals surface area contributed by atoms with Gasteiger partial charge in [0.1, 0.15) is 10.8 Å². The van der Waals surface area contributed by atoms with Crippen molar-refractivity contribution in [3.05, 3.63) is 64.2 Å². The molecule has 1 heterocycles. The minimum absolute atomic E-state index is 0.147. The summed E-state index contributed by atoms with van der Waals surface area (Å²) in [5.74, 6) is 0.773. The third kappa shape index (κ3) is 7.93. The highest BCUT2D eigenvalue weighted by molar-refractivity contribution is 7.15. The quantitative estimate of drug-likeness (QED) is 0.194. The van der Waals surface area contributed by atoms with Crippen molar-refractivity contribution >= 4 is 30.3 Å². The predicted molar refractivity (Wildman–Crippen MR) is 161 cm³/mol. The SMILES string of the molecule is COC(=O)CCc1ccc(OCC(C)c2nc(-c3ccc(BOC(C)(C)C(C)(C)OC)cc3)sc2C)cc1C. The lowest BCUT2D eigenvalue weighted by Gasteiger charge is -2.40. The second-order valence-corrected chi connectivity index (χ2v) is 12.3. The first kappa shape index (κ1) is 30.9. The molecule has 1 unspecified atom stereocenters. The summed E-state index contributed by atoms with van der Waals surface area (Å²) < 4.78 is 22.7. The number of aromatic nitrogens is 1. The van der Waals surface area contributed by atoms with Gasteiger partial charge in [0.05, 0.1) is 30.6 Å². The Morgan fingerprint density at radius 1 is 1.03 bits per heavy atom. The van der Waals surface area contributed by atoms with Crippen molar-refractivity contribution in [3.8, 4) is 16.3 Å². The van der Waals surface area contributed by atoms with Crippen LogP contribution in [0.2, 0.25) is 0 Å². The molecule has 1 atom stereocenters. The molecule has 3 rings (SSSR count). The number of esters is 1. The third-order valence-corrected chi connectivity index (χ3v) is 8.74.